The van der Waals surface area contributed by atoms with Crippen LogP contribution in [-0.2, 0) is 0 Å². The van der Waals surface area contributed by atoms with E-state index >= 15 is 0 Å². The predicted molar refractivity (Wildman–Crippen MR) is 70.1 cm³/mol. The van der Waals surface area contributed by atoms with Gasteiger partial charge in [-0.2, -0.15) is 0 Å². The SMILES string of the molecule is CCC(CC)N1CCN(CC2CC(F)(F)C2)CC1. The molecule has 2 fully saturated rings. The molecule has 1 saturated carbocycles. The smallest absolute Gasteiger partial charge is 0.248 e. The molecule has 2 aliphatic rings. The maximum atomic E-state index is 12.8. The van der Waals surface area contributed by atoms with E-state index in [1.165, 1.54) is 12.8 Å². The molecule has 0 spiro atoms. The zero-order valence-electron chi connectivity index (χ0n) is 11.7. The fourth-order valence-electron chi connectivity index (χ4n) is 3.40. The maximum absolute atomic E-state index is 12.8. The Balaban J connectivity index is 1.68. The highest BCUT2D eigenvalue weighted by atomic mass is 19.3. The lowest BCUT2D eigenvalue weighted by Gasteiger charge is -2.43. The summed E-state index contributed by atoms with van der Waals surface area (Å²) < 4.78 is 25.6. The van der Waals surface area contributed by atoms with Gasteiger partial charge in [-0.3, -0.25) is 4.90 Å². The Hall–Kier alpha value is -0.220. The summed E-state index contributed by atoms with van der Waals surface area (Å²) in [5.41, 5.74) is 0. The van der Waals surface area contributed by atoms with Gasteiger partial charge in [0.2, 0.25) is 5.92 Å². The molecular formula is C14H26F2N2. The number of nitrogens with zero attached hydrogens (tertiary/aromatic N) is 2. The summed E-state index contributed by atoms with van der Waals surface area (Å²) in [6.07, 6.45) is 2.65. The molecule has 2 rings (SSSR count). The van der Waals surface area contributed by atoms with Gasteiger partial charge < -0.3 is 4.90 Å². The largest absolute Gasteiger partial charge is 0.301 e. The predicted octanol–water partition coefficient (Wildman–Crippen LogP) is 2.84. The van der Waals surface area contributed by atoms with Crippen molar-refractivity contribution in [1.29, 1.82) is 0 Å². The molecule has 1 aliphatic heterocycles. The van der Waals surface area contributed by atoms with Crippen LogP contribution >= 0.6 is 0 Å². The van der Waals surface area contributed by atoms with E-state index in [4.69, 9.17) is 0 Å². The van der Waals surface area contributed by atoms with E-state index in [9.17, 15) is 8.78 Å². The lowest BCUT2D eigenvalue weighted by atomic mass is 9.81. The first-order valence-corrected chi connectivity index (χ1v) is 7.38. The topological polar surface area (TPSA) is 6.48 Å². The molecule has 0 unspecified atom stereocenters. The number of rotatable bonds is 5. The number of hydrogen-bond donors (Lipinski definition) is 0. The second kappa shape index (κ2) is 5.83. The van der Waals surface area contributed by atoms with Crippen molar-refractivity contribution in [3.05, 3.63) is 0 Å². The molecule has 4 heteroatoms. The fourth-order valence-corrected chi connectivity index (χ4v) is 3.40. The van der Waals surface area contributed by atoms with Gasteiger partial charge in [0, 0.05) is 51.6 Å². The lowest BCUT2D eigenvalue weighted by molar-refractivity contribution is -0.118. The van der Waals surface area contributed by atoms with Crippen LogP contribution in [0.1, 0.15) is 39.5 Å². The molecule has 0 amide bonds. The van der Waals surface area contributed by atoms with Crippen molar-refractivity contribution >= 4 is 0 Å². The van der Waals surface area contributed by atoms with Gasteiger partial charge in [0.15, 0.2) is 0 Å². The van der Waals surface area contributed by atoms with E-state index in [1.54, 1.807) is 0 Å². The van der Waals surface area contributed by atoms with E-state index in [1.807, 2.05) is 0 Å². The molecule has 0 radical (unpaired) electrons. The Kier molecular flexibility index (Phi) is 4.59. The van der Waals surface area contributed by atoms with Gasteiger partial charge in [-0.25, -0.2) is 8.78 Å². The molecule has 0 atom stereocenters. The van der Waals surface area contributed by atoms with Gasteiger partial charge in [-0.05, 0) is 18.8 Å². The number of alkyl halides is 2. The van der Waals surface area contributed by atoms with Crippen molar-refractivity contribution in [3.8, 4) is 0 Å². The van der Waals surface area contributed by atoms with Crippen molar-refractivity contribution < 1.29 is 8.78 Å². The summed E-state index contributed by atoms with van der Waals surface area (Å²) in [6, 6.07) is 0.709. The van der Waals surface area contributed by atoms with Crippen LogP contribution in [0.25, 0.3) is 0 Å². The van der Waals surface area contributed by atoms with Crippen LogP contribution in [-0.4, -0.2) is 54.5 Å². The molecule has 1 aliphatic carbocycles. The molecule has 106 valence electrons. The van der Waals surface area contributed by atoms with Crippen LogP contribution < -0.4 is 0 Å². The quantitative estimate of drug-likeness (QED) is 0.750. The van der Waals surface area contributed by atoms with Crippen molar-refractivity contribution in [3.63, 3.8) is 0 Å². The van der Waals surface area contributed by atoms with Crippen LogP contribution in [0.3, 0.4) is 0 Å². The second-order valence-electron chi connectivity index (χ2n) is 5.94. The number of piperazine rings is 1. The first kappa shape index (κ1) is 14.2. The summed E-state index contributed by atoms with van der Waals surface area (Å²) in [6.45, 7) is 9.70. The lowest BCUT2D eigenvalue weighted by Crippen LogP contribution is -2.52. The molecule has 1 heterocycles. The Morgan fingerprint density at radius 1 is 1.06 bits per heavy atom. The van der Waals surface area contributed by atoms with Gasteiger partial charge >= 0.3 is 0 Å². The molecule has 0 aromatic rings. The zero-order valence-corrected chi connectivity index (χ0v) is 11.7. The van der Waals surface area contributed by atoms with Gasteiger partial charge in [-0.15, -0.1) is 0 Å². The minimum atomic E-state index is -2.36. The van der Waals surface area contributed by atoms with Crippen molar-refractivity contribution in [2.75, 3.05) is 32.7 Å². The van der Waals surface area contributed by atoms with Crippen molar-refractivity contribution in [1.82, 2.24) is 9.80 Å². The second-order valence-corrected chi connectivity index (χ2v) is 5.94. The molecule has 1 saturated heterocycles. The number of hydrogen-bond acceptors (Lipinski definition) is 2. The molecule has 2 nitrogen and oxygen atoms in total. The monoisotopic (exact) mass is 260 g/mol. The van der Waals surface area contributed by atoms with E-state index in [-0.39, 0.29) is 18.8 Å². The van der Waals surface area contributed by atoms with E-state index in [0.717, 1.165) is 32.7 Å². The van der Waals surface area contributed by atoms with Crippen molar-refractivity contribution in [2.24, 2.45) is 5.92 Å². The van der Waals surface area contributed by atoms with Gasteiger partial charge in [0.05, 0.1) is 0 Å². The fraction of sp³-hybridized carbons (Fsp3) is 1.00. The third-order valence-electron chi connectivity index (χ3n) is 4.56. The van der Waals surface area contributed by atoms with Crippen LogP contribution in [0.5, 0.6) is 0 Å². The Labute approximate surface area is 109 Å². The maximum Gasteiger partial charge on any atom is 0.248 e. The summed E-state index contributed by atoms with van der Waals surface area (Å²) in [4.78, 5) is 4.94. The average molecular weight is 260 g/mol. The minimum Gasteiger partial charge on any atom is -0.301 e. The van der Waals surface area contributed by atoms with Crippen LogP contribution in [0.4, 0.5) is 8.78 Å². The first-order valence-electron chi connectivity index (χ1n) is 7.38. The third kappa shape index (κ3) is 3.41. The van der Waals surface area contributed by atoms with Crippen LogP contribution in [0.2, 0.25) is 0 Å². The van der Waals surface area contributed by atoms with Crippen molar-refractivity contribution in [2.45, 2.75) is 51.5 Å². The summed E-state index contributed by atoms with van der Waals surface area (Å²) in [5.74, 6) is -2.12. The first-order chi connectivity index (χ1) is 8.54. The highest BCUT2D eigenvalue weighted by Crippen LogP contribution is 2.42. The van der Waals surface area contributed by atoms with Gasteiger partial charge in [0.25, 0.3) is 0 Å². The Morgan fingerprint density at radius 2 is 1.61 bits per heavy atom. The van der Waals surface area contributed by atoms with E-state index in [0.29, 0.717) is 6.04 Å². The molecule has 0 aromatic carbocycles. The molecular weight excluding hydrogens is 234 g/mol. The Morgan fingerprint density at radius 3 is 2.06 bits per heavy atom. The molecule has 18 heavy (non-hydrogen) atoms. The third-order valence-corrected chi connectivity index (χ3v) is 4.56. The van der Waals surface area contributed by atoms with Crippen LogP contribution in [0.15, 0.2) is 0 Å². The zero-order chi connectivity index (χ0) is 13.2. The average Bonchev–Trinajstić information content (AvgIpc) is 2.30. The van der Waals surface area contributed by atoms with E-state index < -0.39 is 5.92 Å². The highest BCUT2D eigenvalue weighted by molar-refractivity contribution is 4.89. The molecule has 0 aromatic heterocycles. The highest BCUT2D eigenvalue weighted by Gasteiger charge is 2.45. The normalized spacial score (nSPS) is 26.5. The Bertz CT molecular complexity index is 251. The molecule has 0 bridgehead atoms. The van der Waals surface area contributed by atoms with Crippen LogP contribution in [0, 0.1) is 5.92 Å². The molecule has 0 N–H and O–H groups in total. The van der Waals surface area contributed by atoms with Gasteiger partial charge in [0.1, 0.15) is 0 Å². The van der Waals surface area contributed by atoms with Gasteiger partial charge in [-0.1, -0.05) is 13.8 Å². The number of halogens is 2. The summed E-state index contributed by atoms with van der Waals surface area (Å²) in [7, 11) is 0. The van der Waals surface area contributed by atoms with E-state index in [2.05, 4.69) is 23.6 Å². The summed E-state index contributed by atoms with van der Waals surface area (Å²) >= 11 is 0. The standard InChI is InChI=1S/C14H26F2N2/c1-3-13(4-2)18-7-5-17(6-8-18)11-12-9-14(15,16)10-12/h12-13H,3-11H2,1-2H3. The summed E-state index contributed by atoms with van der Waals surface area (Å²) in [5, 5.41) is 0. The minimum absolute atomic E-state index is 0.111.